The summed E-state index contributed by atoms with van der Waals surface area (Å²) in [6.45, 7) is 6.70. The highest BCUT2D eigenvalue weighted by Gasteiger charge is 1.98. The highest BCUT2D eigenvalue weighted by molar-refractivity contribution is 5.45. The maximum atomic E-state index is 6.70. The molecule has 0 atom stereocenters. The summed E-state index contributed by atoms with van der Waals surface area (Å²) < 4.78 is 1.62. The Labute approximate surface area is 62.9 Å². The average Bonchev–Trinajstić information content (AvgIpc) is 2.50. The predicted molar refractivity (Wildman–Crippen MR) is 39.2 cm³/mol. The van der Waals surface area contributed by atoms with Crippen molar-refractivity contribution in [3.8, 4) is 0 Å². The summed E-state index contributed by atoms with van der Waals surface area (Å²) in [6, 6.07) is 3.39. The van der Waals surface area contributed by atoms with Gasteiger partial charge in [-0.3, -0.25) is 0 Å². The van der Waals surface area contributed by atoms with Crippen molar-refractivity contribution in [3.63, 3.8) is 0 Å². The molecule has 0 amide bonds. The van der Waals surface area contributed by atoms with E-state index in [1.807, 2.05) is 0 Å². The highest BCUT2D eigenvalue weighted by Crippen LogP contribution is 2.07. The van der Waals surface area contributed by atoms with E-state index < -0.39 is 0 Å². The lowest BCUT2D eigenvalue weighted by molar-refractivity contribution is 0.943. The van der Waals surface area contributed by atoms with E-state index in [0.717, 1.165) is 0 Å². The minimum Gasteiger partial charge on any atom is -0.361 e. The Morgan fingerprint density at radius 2 is 2.36 bits per heavy atom. The van der Waals surface area contributed by atoms with Crippen molar-refractivity contribution in [1.29, 1.82) is 0 Å². The number of nitrogens with zero attached hydrogens (tertiary/aromatic N) is 4. The van der Waals surface area contributed by atoms with Crippen LogP contribution in [0.25, 0.3) is 10.5 Å². The van der Waals surface area contributed by atoms with E-state index in [-0.39, 0.29) is 0 Å². The summed E-state index contributed by atoms with van der Waals surface area (Å²) in [4.78, 5) is 7.20. The molecule has 2 rings (SSSR count). The molecule has 0 spiro atoms. The highest BCUT2D eigenvalue weighted by atomic mass is 15.2. The zero-order valence-electron chi connectivity index (χ0n) is 5.60. The van der Waals surface area contributed by atoms with E-state index in [4.69, 9.17) is 6.57 Å². The van der Waals surface area contributed by atoms with Crippen LogP contribution in [0.15, 0.2) is 24.5 Å². The molecule has 2 aromatic heterocycles. The van der Waals surface area contributed by atoms with Crippen LogP contribution in [-0.4, -0.2) is 14.6 Å². The summed E-state index contributed by atoms with van der Waals surface area (Å²) in [6.07, 6.45) is 3.37. The van der Waals surface area contributed by atoms with Crippen molar-refractivity contribution >= 4 is 11.5 Å². The van der Waals surface area contributed by atoms with Crippen LogP contribution in [0, 0.1) is 6.57 Å². The normalized spacial score (nSPS) is 9.73. The van der Waals surface area contributed by atoms with Gasteiger partial charge in [0.2, 0.25) is 5.65 Å². The fourth-order valence-electron chi connectivity index (χ4n) is 0.865. The van der Waals surface area contributed by atoms with Crippen LogP contribution in [0.2, 0.25) is 0 Å². The van der Waals surface area contributed by atoms with Gasteiger partial charge in [-0.1, -0.05) is 6.57 Å². The largest absolute Gasteiger partial charge is 0.361 e. The molecule has 0 aliphatic carbocycles. The van der Waals surface area contributed by atoms with E-state index in [1.165, 1.54) is 0 Å². The van der Waals surface area contributed by atoms with Crippen molar-refractivity contribution in [1.82, 2.24) is 14.6 Å². The van der Waals surface area contributed by atoms with Crippen molar-refractivity contribution in [2.45, 2.75) is 0 Å². The van der Waals surface area contributed by atoms with Gasteiger partial charge >= 0.3 is 0 Å². The van der Waals surface area contributed by atoms with Crippen LogP contribution < -0.4 is 0 Å². The second-order valence-electron chi connectivity index (χ2n) is 2.03. The predicted octanol–water partition coefficient (Wildman–Crippen LogP) is 1.28. The number of fused-ring (bicyclic) bond motifs is 1. The molecule has 0 N–H and O–H groups in total. The van der Waals surface area contributed by atoms with Crippen molar-refractivity contribution in [3.05, 3.63) is 35.9 Å². The first-order valence-corrected chi connectivity index (χ1v) is 3.08. The maximum absolute atomic E-state index is 6.70. The molecule has 52 valence electrons. The Bertz CT molecular complexity index is 423. The van der Waals surface area contributed by atoms with Crippen molar-refractivity contribution in [2.75, 3.05) is 0 Å². The number of aromatic nitrogens is 3. The van der Waals surface area contributed by atoms with Gasteiger partial charge in [-0.25, -0.2) is 4.52 Å². The molecule has 0 radical (unpaired) electrons. The minimum atomic E-state index is 0.401. The van der Waals surface area contributed by atoms with Crippen molar-refractivity contribution in [2.24, 2.45) is 0 Å². The van der Waals surface area contributed by atoms with Crippen LogP contribution in [0.4, 0.5) is 5.82 Å². The molecule has 0 aromatic carbocycles. The minimum absolute atomic E-state index is 0.401. The van der Waals surface area contributed by atoms with Gasteiger partial charge in [-0.05, 0) is 6.07 Å². The van der Waals surface area contributed by atoms with Crippen LogP contribution in [0.3, 0.4) is 0 Å². The van der Waals surface area contributed by atoms with Crippen molar-refractivity contribution < 1.29 is 0 Å². The zero-order valence-corrected chi connectivity index (χ0v) is 5.60. The lowest BCUT2D eigenvalue weighted by Gasteiger charge is -1.87. The molecule has 0 bridgehead atoms. The van der Waals surface area contributed by atoms with Crippen LogP contribution >= 0.6 is 0 Å². The van der Waals surface area contributed by atoms with Crippen LogP contribution in [0.1, 0.15) is 0 Å². The maximum Gasteiger partial charge on any atom is 0.273 e. The molecular weight excluding hydrogens is 140 g/mol. The lowest BCUT2D eigenvalue weighted by Crippen LogP contribution is -1.86. The third-order valence-electron chi connectivity index (χ3n) is 1.36. The Morgan fingerprint density at radius 3 is 3.18 bits per heavy atom. The van der Waals surface area contributed by atoms with Gasteiger partial charge in [-0.2, -0.15) is 5.10 Å². The molecular formula is C7H4N4. The molecule has 4 nitrogen and oxygen atoms in total. The summed E-state index contributed by atoms with van der Waals surface area (Å²) in [5, 5.41) is 3.95. The standard InChI is InChI=1S/C7H4N4/c1-8-6-3-5-11-7(10-6)2-4-9-11/h2-5H. The first-order valence-electron chi connectivity index (χ1n) is 3.08. The van der Waals surface area contributed by atoms with Gasteiger partial charge in [0.15, 0.2) is 0 Å². The summed E-state index contributed by atoms with van der Waals surface area (Å²) in [7, 11) is 0. The van der Waals surface area contributed by atoms with Crippen LogP contribution in [0.5, 0.6) is 0 Å². The van der Waals surface area contributed by atoms with Gasteiger partial charge in [-0.15, -0.1) is 4.98 Å². The molecule has 4 heteroatoms. The molecule has 0 fully saturated rings. The smallest absolute Gasteiger partial charge is 0.273 e. The summed E-state index contributed by atoms with van der Waals surface area (Å²) in [5.74, 6) is 0.401. The molecule has 0 aliphatic heterocycles. The molecule has 11 heavy (non-hydrogen) atoms. The third-order valence-corrected chi connectivity index (χ3v) is 1.36. The molecule has 2 aromatic rings. The Hall–Kier alpha value is -1.89. The lowest BCUT2D eigenvalue weighted by atomic mass is 10.6. The first-order chi connectivity index (χ1) is 5.40. The first kappa shape index (κ1) is 5.86. The molecule has 0 saturated carbocycles. The van der Waals surface area contributed by atoms with Gasteiger partial charge in [0.25, 0.3) is 5.82 Å². The Balaban J connectivity index is 2.79. The van der Waals surface area contributed by atoms with Gasteiger partial charge < -0.3 is 4.85 Å². The number of hydrogen-bond acceptors (Lipinski definition) is 2. The molecule has 0 saturated heterocycles. The average molecular weight is 144 g/mol. The summed E-state index contributed by atoms with van der Waals surface area (Å²) in [5.41, 5.74) is 0.707. The Morgan fingerprint density at radius 1 is 1.45 bits per heavy atom. The fourth-order valence-corrected chi connectivity index (χ4v) is 0.865. The monoisotopic (exact) mass is 144 g/mol. The quantitative estimate of drug-likeness (QED) is 0.522. The third kappa shape index (κ3) is 0.829. The van der Waals surface area contributed by atoms with E-state index >= 15 is 0 Å². The van der Waals surface area contributed by atoms with E-state index in [2.05, 4.69) is 14.9 Å². The fraction of sp³-hybridized carbons (Fsp3) is 0. The second-order valence-corrected chi connectivity index (χ2v) is 2.03. The SMILES string of the molecule is [C-]#[N+]c1ccn2nccc2n1. The van der Waals surface area contributed by atoms with Gasteiger partial charge in [0.05, 0.1) is 6.20 Å². The molecule has 2 heterocycles. The molecule has 0 aliphatic rings. The van der Waals surface area contributed by atoms with Gasteiger partial charge in [0.1, 0.15) is 0 Å². The van der Waals surface area contributed by atoms with E-state index in [1.54, 1.807) is 29.0 Å². The molecule has 0 unspecified atom stereocenters. The van der Waals surface area contributed by atoms with Crippen LogP contribution in [-0.2, 0) is 0 Å². The zero-order chi connectivity index (χ0) is 7.68. The van der Waals surface area contributed by atoms with Gasteiger partial charge in [0, 0.05) is 12.3 Å². The van der Waals surface area contributed by atoms with E-state index in [0.29, 0.717) is 11.5 Å². The second kappa shape index (κ2) is 2.06. The topological polar surface area (TPSA) is 34.5 Å². The number of rotatable bonds is 0. The van der Waals surface area contributed by atoms with E-state index in [9.17, 15) is 0 Å². The summed E-state index contributed by atoms with van der Waals surface area (Å²) >= 11 is 0. The Kier molecular flexibility index (Phi) is 1.10. The number of hydrogen-bond donors (Lipinski definition) is 0.